The largest absolute Gasteiger partial charge is 0.465 e. The minimum atomic E-state index is -1.16. The molecule has 0 aromatic carbocycles. The Morgan fingerprint density at radius 2 is 1.82 bits per heavy atom. The summed E-state index contributed by atoms with van der Waals surface area (Å²) in [4.78, 5) is 87.1. The molecule has 3 aromatic rings. The van der Waals surface area contributed by atoms with E-state index in [1.165, 1.54) is 34.0 Å². The van der Waals surface area contributed by atoms with Crippen molar-refractivity contribution >= 4 is 64.5 Å². The second-order valence-electron chi connectivity index (χ2n) is 15.0. The van der Waals surface area contributed by atoms with Gasteiger partial charge in [0.1, 0.15) is 12.6 Å². The van der Waals surface area contributed by atoms with Crippen molar-refractivity contribution < 1.29 is 33.9 Å². The van der Waals surface area contributed by atoms with Crippen LogP contribution < -0.4 is 26.6 Å². The third kappa shape index (κ3) is 9.70. The van der Waals surface area contributed by atoms with Gasteiger partial charge in [0.15, 0.2) is 0 Å². The molecule has 5 heterocycles. The number of hydrogen-bond acceptors (Lipinski definition) is 12. The molecule has 57 heavy (non-hydrogen) atoms. The Bertz CT molecular complexity index is 2040. The molecule has 304 valence electrons. The highest BCUT2D eigenvalue weighted by Crippen LogP contribution is 2.37. The number of carboxylic acid groups (broad SMARTS) is 1. The molecule has 2 aliphatic carbocycles. The maximum Gasteiger partial charge on any atom is 0.408 e. The first-order valence-electron chi connectivity index (χ1n) is 19.2. The molecule has 4 aliphatic rings. The molecule has 2 saturated carbocycles. The Morgan fingerprint density at radius 1 is 1.04 bits per heavy atom. The topological polar surface area (TPSA) is 233 Å². The van der Waals surface area contributed by atoms with Crippen molar-refractivity contribution in [2.45, 2.75) is 89.0 Å². The number of imide groups is 1. The summed E-state index contributed by atoms with van der Waals surface area (Å²) in [6, 6.07) is 0.878. The Kier molecular flexibility index (Phi) is 12.3. The molecule has 2 aliphatic heterocycles. The highest BCUT2D eigenvalue weighted by atomic mass is 35.5. The molecule has 0 bridgehead atoms. The van der Waals surface area contributed by atoms with Crippen molar-refractivity contribution in [1.29, 1.82) is 0 Å². The Balaban J connectivity index is 0.789. The molecule has 6 N–H and O–H groups in total. The predicted octanol–water partition coefficient (Wildman–Crippen LogP) is 2.03. The van der Waals surface area contributed by atoms with Crippen LogP contribution >= 0.6 is 22.9 Å². The van der Waals surface area contributed by atoms with E-state index >= 15 is 0 Å². The van der Waals surface area contributed by atoms with E-state index in [-0.39, 0.29) is 75.5 Å². The smallest absolute Gasteiger partial charge is 0.408 e. The molecule has 18 nitrogen and oxygen atoms in total. The summed E-state index contributed by atoms with van der Waals surface area (Å²) in [5.74, 6) is -0.641. The first kappa shape index (κ1) is 40.1. The van der Waals surface area contributed by atoms with Crippen molar-refractivity contribution in [3.05, 3.63) is 44.5 Å². The molecule has 7 rings (SSSR count). The van der Waals surface area contributed by atoms with Gasteiger partial charge in [-0.25, -0.2) is 14.8 Å². The fourth-order valence-corrected chi connectivity index (χ4v) is 8.89. The first-order chi connectivity index (χ1) is 27.4. The van der Waals surface area contributed by atoms with Crippen LogP contribution in [-0.2, 0) is 45.7 Å². The molecule has 1 unspecified atom stereocenters. The zero-order valence-corrected chi connectivity index (χ0v) is 33.1. The lowest BCUT2D eigenvalue weighted by atomic mass is 9.90. The van der Waals surface area contributed by atoms with Crippen LogP contribution in [0.5, 0.6) is 0 Å². The number of carbonyl (C=O) groups excluding carboxylic acids is 5. The van der Waals surface area contributed by atoms with E-state index in [9.17, 15) is 33.9 Å². The second kappa shape index (κ2) is 17.6. The van der Waals surface area contributed by atoms with Crippen LogP contribution in [0, 0.1) is 5.92 Å². The highest BCUT2D eigenvalue weighted by molar-refractivity contribution is 7.14. The van der Waals surface area contributed by atoms with E-state index in [0.29, 0.717) is 59.6 Å². The van der Waals surface area contributed by atoms with E-state index in [4.69, 9.17) is 16.6 Å². The molecule has 1 saturated heterocycles. The van der Waals surface area contributed by atoms with Crippen LogP contribution in [0.3, 0.4) is 0 Å². The van der Waals surface area contributed by atoms with Gasteiger partial charge in [0.2, 0.25) is 29.6 Å². The molecule has 20 heteroatoms. The summed E-state index contributed by atoms with van der Waals surface area (Å²) < 4.78 is 1.88. The summed E-state index contributed by atoms with van der Waals surface area (Å²) >= 11 is 7.80. The van der Waals surface area contributed by atoms with Gasteiger partial charge < -0.3 is 31.3 Å². The maximum atomic E-state index is 12.9. The van der Waals surface area contributed by atoms with Gasteiger partial charge >= 0.3 is 6.09 Å². The van der Waals surface area contributed by atoms with E-state index in [1.807, 2.05) is 17.8 Å². The lowest BCUT2D eigenvalue weighted by molar-refractivity contribution is -0.137. The van der Waals surface area contributed by atoms with Crippen LogP contribution in [0.25, 0.3) is 11.3 Å². The van der Waals surface area contributed by atoms with Gasteiger partial charge in [-0.3, -0.25) is 38.9 Å². The lowest BCUT2D eigenvalue weighted by Crippen LogP contribution is -2.52. The van der Waals surface area contributed by atoms with Gasteiger partial charge in [-0.1, -0.05) is 11.6 Å². The van der Waals surface area contributed by atoms with Crippen LogP contribution in [0.2, 0.25) is 5.02 Å². The number of fused-ring (bicyclic) bond motifs is 1. The minimum Gasteiger partial charge on any atom is -0.465 e. The van der Waals surface area contributed by atoms with E-state index in [1.54, 1.807) is 12.4 Å². The molecule has 6 amide bonds. The van der Waals surface area contributed by atoms with Gasteiger partial charge in [-0.05, 0) is 68.9 Å². The number of hydrogen-bond donors (Lipinski definition) is 6. The number of nitrogens with one attached hydrogen (secondary N) is 5. The summed E-state index contributed by atoms with van der Waals surface area (Å²) in [6.07, 6.45) is 8.53. The van der Waals surface area contributed by atoms with E-state index in [0.717, 1.165) is 28.1 Å². The highest BCUT2D eigenvalue weighted by Gasteiger charge is 2.40. The van der Waals surface area contributed by atoms with Crippen LogP contribution in [-0.4, -0.2) is 115 Å². The molecular formula is C37H46ClN11O7S. The SMILES string of the molecule is Cn1ncc(-c2nc(N[C@H]3CC[C@H](N(CC(=O)NCCNCC(=O)NCc4cc5c(s4)C(=O)N(C4CCC(=O)NC4=O)C5)C(=O)O)CC3)ncc2Cl)c1CC1CC1. The third-order valence-corrected chi connectivity index (χ3v) is 12.3. The summed E-state index contributed by atoms with van der Waals surface area (Å²) in [6.45, 7) is 0.691. The summed E-state index contributed by atoms with van der Waals surface area (Å²) in [5.41, 5.74) is 3.42. The Morgan fingerprint density at radius 3 is 2.54 bits per heavy atom. The summed E-state index contributed by atoms with van der Waals surface area (Å²) in [7, 11) is 1.93. The molecule has 3 aromatic heterocycles. The zero-order chi connectivity index (χ0) is 40.2. The van der Waals surface area contributed by atoms with Gasteiger partial charge in [-0.2, -0.15) is 5.10 Å². The van der Waals surface area contributed by atoms with Gasteiger partial charge in [0, 0.05) is 61.3 Å². The quantitative estimate of drug-likeness (QED) is 0.0901. The number of amides is 6. The van der Waals surface area contributed by atoms with Crippen molar-refractivity contribution in [2.75, 3.05) is 31.5 Å². The molecular weight excluding hydrogens is 778 g/mol. The monoisotopic (exact) mass is 823 g/mol. The normalized spacial score (nSPS) is 20.6. The van der Waals surface area contributed by atoms with E-state index < -0.39 is 23.9 Å². The zero-order valence-electron chi connectivity index (χ0n) is 31.5. The number of aryl methyl sites for hydroxylation is 1. The first-order valence-corrected chi connectivity index (χ1v) is 20.4. The molecule has 1 atom stereocenters. The number of rotatable bonds is 16. The van der Waals surface area contributed by atoms with Gasteiger partial charge in [-0.15, -0.1) is 11.3 Å². The summed E-state index contributed by atoms with van der Waals surface area (Å²) in [5, 5.41) is 29.0. The number of thiophene rings is 1. The molecule has 3 fully saturated rings. The number of anilines is 1. The minimum absolute atomic E-state index is 0.00496. The van der Waals surface area contributed by atoms with Crippen LogP contribution in [0.4, 0.5) is 10.7 Å². The van der Waals surface area contributed by atoms with Crippen molar-refractivity contribution in [2.24, 2.45) is 13.0 Å². The average molecular weight is 824 g/mol. The van der Waals surface area contributed by atoms with Crippen LogP contribution in [0.15, 0.2) is 18.5 Å². The predicted molar refractivity (Wildman–Crippen MR) is 208 cm³/mol. The maximum absolute atomic E-state index is 12.9. The average Bonchev–Trinajstić information content (AvgIpc) is 3.70. The number of halogens is 1. The fraction of sp³-hybridized carbons (Fsp3) is 0.541. The molecule has 0 radical (unpaired) electrons. The Labute approximate surface area is 337 Å². The lowest BCUT2D eigenvalue weighted by Gasteiger charge is -2.35. The van der Waals surface area contributed by atoms with Gasteiger partial charge in [0.25, 0.3) is 5.91 Å². The number of piperidine rings is 1. The molecule has 0 spiro atoms. The van der Waals surface area contributed by atoms with Crippen LogP contribution in [0.1, 0.15) is 77.2 Å². The third-order valence-electron chi connectivity index (χ3n) is 10.9. The standard InChI is InChI=1S/C37H46ClN11O7S/c1-47-28(12-20-2-3-20)25(15-43-47)32-26(38)16-42-36(46-32)44-22-4-6-23(7-5-22)48(37(55)56)19-31(52)40-11-10-39-17-30(51)41-14-24-13-21-18-49(35(54)33(21)57-24)27-8-9-29(50)45-34(27)53/h13,15-16,20,22-23,27,39H,2-12,14,17-19H2,1H3,(H,40,52)(H,41,51)(H,55,56)(H,42,44,46)(H,45,50,53)/t22-,23-,27?. The van der Waals surface area contributed by atoms with Crippen molar-refractivity contribution in [1.82, 2.24) is 50.8 Å². The van der Waals surface area contributed by atoms with Crippen molar-refractivity contribution in [3.8, 4) is 11.3 Å². The van der Waals surface area contributed by atoms with Crippen molar-refractivity contribution in [3.63, 3.8) is 0 Å². The Hall–Kier alpha value is -5.14. The number of aromatic nitrogens is 4. The fourth-order valence-electron chi connectivity index (χ4n) is 7.63. The second-order valence-corrected chi connectivity index (χ2v) is 16.5. The van der Waals surface area contributed by atoms with E-state index in [2.05, 4.69) is 36.7 Å². The number of carbonyl (C=O) groups is 6. The number of nitrogens with zero attached hydrogens (tertiary/aromatic N) is 6. The van der Waals surface area contributed by atoms with Gasteiger partial charge in [0.05, 0.1) is 41.1 Å².